The van der Waals surface area contributed by atoms with E-state index in [4.69, 9.17) is 9.47 Å². The fourth-order valence-corrected chi connectivity index (χ4v) is 5.00. The van der Waals surface area contributed by atoms with Gasteiger partial charge in [0.15, 0.2) is 6.61 Å². The third-order valence-corrected chi connectivity index (χ3v) is 7.06. The lowest BCUT2D eigenvalue weighted by Gasteiger charge is -2.33. The van der Waals surface area contributed by atoms with Gasteiger partial charge in [0.1, 0.15) is 17.5 Å². The van der Waals surface area contributed by atoms with Gasteiger partial charge in [0, 0.05) is 19.0 Å². The normalized spacial score (nSPS) is 14.4. The molecule has 0 aromatic heterocycles. The van der Waals surface area contributed by atoms with Gasteiger partial charge in [-0.1, -0.05) is 73.9 Å². The molecule has 1 saturated carbocycles. The monoisotopic (exact) mass is 514 g/mol. The van der Waals surface area contributed by atoms with E-state index < -0.39 is 6.04 Å². The minimum Gasteiger partial charge on any atom is -0.497 e. The molecule has 2 amide bonds. The topological polar surface area (TPSA) is 67.9 Å². The number of nitrogens with one attached hydrogen (secondary N) is 1. The molecular weight excluding hydrogens is 476 g/mol. The summed E-state index contributed by atoms with van der Waals surface area (Å²) in [5.41, 5.74) is 2.94. The predicted molar refractivity (Wildman–Crippen MR) is 149 cm³/mol. The molecule has 1 N–H and O–H groups in total. The summed E-state index contributed by atoms with van der Waals surface area (Å²) in [5.74, 6) is 0.977. The maximum atomic E-state index is 13.8. The van der Waals surface area contributed by atoms with Crippen molar-refractivity contribution in [2.75, 3.05) is 13.7 Å². The summed E-state index contributed by atoms with van der Waals surface area (Å²) in [5, 5.41) is 3.27. The molecule has 1 fully saturated rings. The van der Waals surface area contributed by atoms with Crippen molar-refractivity contribution >= 4 is 11.8 Å². The second kappa shape index (κ2) is 13.7. The lowest BCUT2D eigenvalue weighted by molar-refractivity contribution is -0.143. The summed E-state index contributed by atoms with van der Waals surface area (Å²) in [6.45, 7) is 2.09. The summed E-state index contributed by atoms with van der Waals surface area (Å²) in [7, 11) is 1.62. The molecule has 1 aliphatic rings. The second-order valence-electron chi connectivity index (χ2n) is 10.0. The Labute approximate surface area is 226 Å². The summed E-state index contributed by atoms with van der Waals surface area (Å²) >= 11 is 0. The minimum atomic E-state index is -0.681. The minimum absolute atomic E-state index is 0.118. The standard InChI is InChI=1S/C32H38N2O4/c1-24-11-9-18-29(19-24)38-23-31(35)34(22-26-14-10-17-28(20-26)37-2)30(21-25-12-5-3-6-13-25)32(36)33-27-15-7-4-8-16-27/h3,5-6,9-14,17-20,27,30H,4,7-8,15-16,21-23H2,1-2H3,(H,33,36). The quantitative estimate of drug-likeness (QED) is 0.368. The summed E-state index contributed by atoms with van der Waals surface area (Å²) < 4.78 is 11.3. The number of hydrogen-bond donors (Lipinski definition) is 1. The zero-order valence-electron chi connectivity index (χ0n) is 22.4. The number of methoxy groups -OCH3 is 1. The van der Waals surface area contributed by atoms with E-state index in [-0.39, 0.29) is 31.0 Å². The van der Waals surface area contributed by atoms with Crippen LogP contribution in [0, 0.1) is 6.92 Å². The smallest absolute Gasteiger partial charge is 0.261 e. The molecule has 6 heteroatoms. The van der Waals surface area contributed by atoms with Crippen LogP contribution in [0.15, 0.2) is 78.9 Å². The van der Waals surface area contributed by atoms with Gasteiger partial charge in [0.25, 0.3) is 5.91 Å². The third-order valence-electron chi connectivity index (χ3n) is 7.06. The Kier molecular flexibility index (Phi) is 9.79. The molecule has 1 unspecified atom stereocenters. The number of amides is 2. The van der Waals surface area contributed by atoms with Gasteiger partial charge in [-0.2, -0.15) is 0 Å². The van der Waals surface area contributed by atoms with Crippen molar-refractivity contribution in [1.29, 1.82) is 0 Å². The van der Waals surface area contributed by atoms with Crippen molar-refractivity contribution in [2.45, 2.75) is 64.1 Å². The summed E-state index contributed by atoms with van der Waals surface area (Å²) in [6.07, 6.45) is 5.81. The molecule has 4 rings (SSSR count). The highest BCUT2D eigenvalue weighted by Gasteiger charge is 2.32. The second-order valence-corrected chi connectivity index (χ2v) is 10.0. The molecule has 1 aliphatic carbocycles. The van der Waals surface area contributed by atoms with Crippen LogP contribution >= 0.6 is 0 Å². The number of benzene rings is 3. The Hall–Kier alpha value is -3.80. The molecule has 0 bridgehead atoms. The van der Waals surface area contributed by atoms with Gasteiger partial charge in [-0.3, -0.25) is 9.59 Å². The number of ether oxygens (including phenoxy) is 2. The third kappa shape index (κ3) is 7.85. The van der Waals surface area contributed by atoms with Crippen LogP contribution in [-0.2, 0) is 22.6 Å². The summed E-state index contributed by atoms with van der Waals surface area (Å²) in [6, 6.07) is 24.6. The lowest BCUT2D eigenvalue weighted by atomic mass is 9.94. The van der Waals surface area contributed by atoms with Crippen molar-refractivity contribution in [3.8, 4) is 11.5 Å². The Balaban J connectivity index is 1.62. The highest BCUT2D eigenvalue weighted by atomic mass is 16.5. The van der Waals surface area contributed by atoms with Crippen molar-refractivity contribution in [3.05, 3.63) is 95.6 Å². The molecule has 0 aliphatic heterocycles. The average molecular weight is 515 g/mol. The van der Waals surface area contributed by atoms with Crippen LogP contribution in [0.1, 0.15) is 48.8 Å². The molecule has 0 heterocycles. The maximum Gasteiger partial charge on any atom is 0.261 e. The Morgan fingerprint density at radius 1 is 0.895 bits per heavy atom. The average Bonchev–Trinajstić information content (AvgIpc) is 2.95. The van der Waals surface area contributed by atoms with E-state index in [1.54, 1.807) is 12.0 Å². The summed E-state index contributed by atoms with van der Waals surface area (Å²) in [4.78, 5) is 29.3. The molecular formula is C32H38N2O4. The van der Waals surface area contributed by atoms with Crippen LogP contribution in [-0.4, -0.2) is 42.5 Å². The van der Waals surface area contributed by atoms with Crippen LogP contribution in [0.5, 0.6) is 11.5 Å². The fourth-order valence-electron chi connectivity index (χ4n) is 5.00. The molecule has 200 valence electrons. The maximum absolute atomic E-state index is 13.8. The number of hydrogen-bond acceptors (Lipinski definition) is 4. The van der Waals surface area contributed by atoms with Crippen LogP contribution in [0.25, 0.3) is 0 Å². The van der Waals surface area contributed by atoms with E-state index in [1.165, 1.54) is 6.42 Å². The van der Waals surface area contributed by atoms with Gasteiger partial charge in [-0.05, 0) is 60.7 Å². The Morgan fingerprint density at radius 3 is 2.34 bits per heavy atom. The van der Waals surface area contributed by atoms with Gasteiger partial charge >= 0.3 is 0 Å². The first-order valence-corrected chi connectivity index (χ1v) is 13.5. The van der Waals surface area contributed by atoms with Crippen molar-refractivity contribution < 1.29 is 19.1 Å². The first kappa shape index (κ1) is 27.2. The highest BCUT2D eigenvalue weighted by Crippen LogP contribution is 2.21. The Morgan fingerprint density at radius 2 is 1.61 bits per heavy atom. The van der Waals surface area contributed by atoms with Crippen LogP contribution in [0.2, 0.25) is 0 Å². The molecule has 6 nitrogen and oxygen atoms in total. The first-order chi connectivity index (χ1) is 18.5. The van der Waals surface area contributed by atoms with Crippen LogP contribution < -0.4 is 14.8 Å². The number of aryl methyl sites for hydroxylation is 1. The number of carbonyl (C=O) groups excluding carboxylic acids is 2. The molecule has 38 heavy (non-hydrogen) atoms. The molecule has 3 aromatic carbocycles. The van der Waals surface area contributed by atoms with Gasteiger partial charge in [-0.25, -0.2) is 0 Å². The van der Waals surface area contributed by atoms with Crippen molar-refractivity contribution in [1.82, 2.24) is 10.2 Å². The number of rotatable bonds is 11. The zero-order chi connectivity index (χ0) is 26.7. The van der Waals surface area contributed by atoms with E-state index >= 15 is 0 Å². The van der Waals surface area contributed by atoms with Crippen LogP contribution in [0.3, 0.4) is 0 Å². The predicted octanol–water partition coefficient (Wildman–Crippen LogP) is 5.47. The van der Waals surface area contributed by atoms with E-state index in [0.717, 1.165) is 42.4 Å². The first-order valence-electron chi connectivity index (χ1n) is 13.5. The molecule has 0 spiro atoms. The van der Waals surface area contributed by atoms with E-state index in [9.17, 15) is 9.59 Å². The lowest BCUT2D eigenvalue weighted by Crippen LogP contribution is -2.53. The van der Waals surface area contributed by atoms with E-state index in [1.807, 2.05) is 85.8 Å². The molecule has 1 atom stereocenters. The van der Waals surface area contributed by atoms with Gasteiger partial charge in [0.2, 0.25) is 5.91 Å². The van der Waals surface area contributed by atoms with Gasteiger partial charge < -0.3 is 19.7 Å². The fraction of sp³-hybridized carbons (Fsp3) is 0.375. The van der Waals surface area contributed by atoms with Crippen molar-refractivity contribution in [2.24, 2.45) is 0 Å². The number of carbonyl (C=O) groups is 2. The van der Waals surface area contributed by atoms with Gasteiger partial charge in [-0.15, -0.1) is 0 Å². The van der Waals surface area contributed by atoms with E-state index in [0.29, 0.717) is 17.9 Å². The highest BCUT2D eigenvalue weighted by molar-refractivity contribution is 5.88. The molecule has 3 aromatic rings. The number of nitrogens with zero attached hydrogens (tertiary/aromatic N) is 1. The SMILES string of the molecule is COc1cccc(CN(C(=O)COc2cccc(C)c2)C(Cc2ccccc2)C(=O)NC2CCCCC2)c1. The van der Waals surface area contributed by atoms with Crippen molar-refractivity contribution in [3.63, 3.8) is 0 Å². The zero-order valence-corrected chi connectivity index (χ0v) is 22.4. The van der Waals surface area contributed by atoms with E-state index in [2.05, 4.69) is 5.32 Å². The van der Waals surface area contributed by atoms with Crippen LogP contribution in [0.4, 0.5) is 0 Å². The van der Waals surface area contributed by atoms with Gasteiger partial charge in [0.05, 0.1) is 7.11 Å². The largest absolute Gasteiger partial charge is 0.497 e. The molecule has 0 radical (unpaired) electrons. The molecule has 0 saturated heterocycles. The Bertz CT molecular complexity index is 1190.